The van der Waals surface area contributed by atoms with Crippen molar-refractivity contribution in [3.8, 4) is 6.07 Å². The van der Waals surface area contributed by atoms with Gasteiger partial charge in [0.2, 0.25) is 5.91 Å². The van der Waals surface area contributed by atoms with Gasteiger partial charge in [0.15, 0.2) is 5.57 Å². The Balaban J connectivity index is 1.50. The standard InChI is InChI=1S/C26H34N6O4S/c1-3-16-36-25(34)21(17-27)24-32(4-2)23(33)22(37-24)18-29-19-8-10-20(11-9-19)30-26(35)28-12-15-31-13-6-5-7-14-31/h3,8-11,22,29H,1,4-7,12-16,18H2,2H3,(H2,28,30,35)/b24-21-. The second kappa shape index (κ2) is 14.3. The molecule has 10 nitrogen and oxygen atoms in total. The van der Waals surface area contributed by atoms with Crippen molar-refractivity contribution >= 4 is 41.0 Å². The van der Waals surface area contributed by atoms with Gasteiger partial charge in [0.05, 0.1) is 0 Å². The van der Waals surface area contributed by atoms with Crippen LogP contribution in [-0.2, 0) is 14.3 Å². The quantitative estimate of drug-likeness (QED) is 0.174. The molecule has 0 aromatic heterocycles. The summed E-state index contributed by atoms with van der Waals surface area (Å²) in [6, 6.07) is 8.82. The number of likely N-dealkylation sites (tertiary alicyclic amines) is 1. The normalized spacial score (nSPS) is 19.1. The Morgan fingerprint density at radius 3 is 2.57 bits per heavy atom. The van der Waals surface area contributed by atoms with Gasteiger partial charge in [0.25, 0.3) is 0 Å². The number of hydrogen-bond acceptors (Lipinski definition) is 8. The average Bonchev–Trinajstić information content (AvgIpc) is 3.22. The van der Waals surface area contributed by atoms with Crippen molar-refractivity contribution < 1.29 is 19.1 Å². The molecule has 0 spiro atoms. The Labute approximate surface area is 222 Å². The SMILES string of the molecule is C=CCOC(=O)/C(C#N)=C1\SC(CNc2ccc(NC(=O)NCCN3CCCCC3)cc2)C(=O)N1CC. The van der Waals surface area contributed by atoms with E-state index in [9.17, 15) is 19.6 Å². The molecule has 2 heterocycles. The van der Waals surface area contributed by atoms with Crippen molar-refractivity contribution in [1.29, 1.82) is 5.26 Å². The third-order valence-corrected chi connectivity index (χ3v) is 7.32. The van der Waals surface area contributed by atoms with Crippen molar-refractivity contribution in [2.24, 2.45) is 0 Å². The van der Waals surface area contributed by atoms with Crippen molar-refractivity contribution in [2.45, 2.75) is 31.4 Å². The minimum atomic E-state index is -0.775. The molecule has 2 saturated heterocycles. The molecule has 2 fully saturated rings. The predicted molar refractivity (Wildman–Crippen MR) is 145 cm³/mol. The van der Waals surface area contributed by atoms with Gasteiger partial charge in [0.1, 0.15) is 23.0 Å². The fourth-order valence-electron chi connectivity index (χ4n) is 4.10. The topological polar surface area (TPSA) is 127 Å². The molecule has 1 unspecified atom stereocenters. The Bertz CT molecular complexity index is 1050. The fraction of sp³-hybridized carbons (Fsp3) is 0.462. The summed E-state index contributed by atoms with van der Waals surface area (Å²) in [5, 5.41) is 18.2. The molecule has 11 heteroatoms. The number of ether oxygens (including phenoxy) is 1. The molecular formula is C26H34N6O4S. The summed E-state index contributed by atoms with van der Waals surface area (Å²) in [6.45, 7) is 9.54. The Morgan fingerprint density at radius 2 is 1.92 bits per heavy atom. The first-order chi connectivity index (χ1) is 18.0. The third kappa shape index (κ3) is 8.00. The number of urea groups is 1. The lowest BCUT2D eigenvalue weighted by atomic mass is 10.1. The van der Waals surface area contributed by atoms with Crippen molar-refractivity contribution in [1.82, 2.24) is 15.1 Å². The van der Waals surface area contributed by atoms with Gasteiger partial charge < -0.3 is 30.5 Å². The molecule has 1 aromatic rings. The van der Waals surface area contributed by atoms with E-state index in [0.717, 1.165) is 25.3 Å². The van der Waals surface area contributed by atoms with Gasteiger partial charge in [-0.1, -0.05) is 30.8 Å². The fourth-order valence-corrected chi connectivity index (χ4v) is 5.36. The maximum absolute atomic E-state index is 12.9. The average molecular weight is 527 g/mol. The number of hydrogen-bond donors (Lipinski definition) is 3. The Hall–Kier alpha value is -3.49. The summed E-state index contributed by atoms with van der Waals surface area (Å²) in [5.41, 5.74) is 1.25. The molecule has 3 rings (SSSR count). The van der Waals surface area contributed by atoms with Crippen LogP contribution in [0.15, 0.2) is 47.5 Å². The van der Waals surface area contributed by atoms with Crippen molar-refractivity contribution in [3.05, 3.63) is 47.5 Å². The predicted octanol–water partition coefficient (Wildman–Crippen LogP) is 3.13. The van der Waals surface area contributed by atoms with Gasteiger partial charge in [0, 0.05) is 37.6 Å². The Kier molecular flexibility index (Phi) is 10.9. The number of piperidine rings is 1. The lowest BCUT2D eigenvalue weighted by Gasteiger charge is -2.26. The van der Waals surface area contributed by atoms with Gasteiger partial charge in [-0.05, 0) is 57.1 Å². The van der Waals surface area contributed by atoms with Crippen molar-refractivity contribution in [3.63, 3.8) is 0 Å². The number of esters is 1. The van der Waals surface area contributed by atoms with E-state index in [4.69, 9.17) is 4.74 Å². The summed E-state index contributed by atoms with van der Waals surface area (Å²) in [6.07, 6.45) is 5.15. The van der Waals surface area contributed by atoms with Gasteiger partial charge in [-0.2, -0.15) is 5.26 Å². The summed E-state index contributed by atoms with van der Waals surface area (Å²) in [4.78, 5) is 41.1. The number of carbonyl (C=O) groups excluding carboxylic acids is 3. The maximum atomic E-state index is 12.9. The Morgan fingerprint density at radius 1 is 1.22 bits per heavy atom. The monoisotopic (exact) mass is 526 g/mol. The van der Waals surface area contributed by atoms with E-state index >= 15 is 0 Å². The first-order valence-electron chi connectivity index (χ1n) is 12.5. The molecule has 2 aliphatic heterocycles. The summed E-state index contributed by atoms with van der Waals surface area (Å²) in [7, 11) is 0. The smallest absolute Gasteiger partial charge is 0.351 e. The molecule has 3 N–H and O–H groups in total. The minimum absolute atomic E-state index is 0.0157. The highest BCUT2D eigenvalue weighted by Crippen LogP contribution is 2.37. The molecule has 0 aliphatic carbocycles. The highest BCUT2D eigenvalue weighted by molar-refractivity contribution is 8.04. The van der Waals surface area contributed by atoms with Gasteiger partial charge >= 0.3 is 12.0 Å². The molecule has 198 valence electrons. The summed E-state index contributed by atoms with van der Waals surface area (Å²) in [5.74, 6) is -0.956. The second-order valence-corrected chi connectivity index (χ2v) is 9.80. The lowest BCUT2D eigenvalue weighted by Crippen LogP contribution is -2.39. The number of nitrogens with one attached hydrogen (secondary N) is 3. The van der Waals surface area contributed by atoms with Crippen LogP contribution in [-0.4, -0.2) is 78.8 Å². The van der Waals surface area contributed by atoms with Crippen LogP contribution in [0, 0.1) is 11.3 Å². The number of amides is 3. The third-order valence-electron chi connectivity index (χ3n) is 6.02. The molecule has 0 saturated carbocycles. The van der Waals surface area contributed by atoms with Gasteiger partial charge in [-0.15, -0.1) is 0 Å². The van der Waals surface area contributed by atoms with Gasteiger partial charge in [-0.25, -0.2) is 9.59 Å². The van der Waals surface area contributed by atoms with E-state index < -0.39 is 11.2 Å². The summed E-state index contributed by atoms with van der Waals surface area (Å²) >= 11 is 1.17. The summed E-state index contributed by atoms with van der Waals surface area (Å²) < 4.78 is 5.00. The first kappa shape index (κ1) is 28.1. The molecule has 2 aliphatic rings. The van der Waals surface area contributed by atoms with Gasteiger partial charge in [-0.3, -0.25) is 4.79 Å². The van der Waals surface area contributed by atoms with E-state index in [1.165, 1.54) is 42.0 Å². The number of benzene rings is 1. The number of anilines is 2. The highest BCUT2D eigenvalue weighted by atomic mass is 32.2. The largest absolute Gasteiger partial charge is 0.457 e. The second-order valence-electron chi connectivity index (χ2n) is 8.61. The molecule has 1 aromatic carbocycles. The van der Waals surface area contributed by atoms with Crippen molar-refractivity contribution in [2.75, 3.05) is 56.5 Å². The zero-order valence-corrected chi connectivity index (χ0v) is 21.9. The molecule has 1 atom stereocenters. The molecule has 37 heavy (non-hydrogen) atoms. The zero-order valence-electron chi connectivity index (χ0n) is 21.1. The maximum Gasteiger partial charge on any atom is 0.351 e. The first-order valence-corrected chi connectivity index (χ1v) is 13.4. The molecule has 0 bridgehead atoms. The zero-order chi connectivity index (χ0) is 26.6. The van der Waals surface area contributed by atoms with Crippen LogP contribution in [0.3, 0.4) is 0 Å². The van der Waals surface area contributed by atoms with E-state index in [1.54, 1.807) is 19.1 Å². The van der Waals surface area contributed by atoms with E-state index in [0.29, 0.717) is 30.4 Å². The number of rotatable bonds is 11. The molecule has 0 radical (unpaired) electrons. The minimum Gasteiger partial charge on any atom is -0.457 e. The molecular weight excluding hydrogens is 492 g/mol. The molecule has 3 amide bonds. The van der Waals surface area contributed by atoms with E-state index in [1.807, 2.05) is 18.2 Å². The highest BCUT2D eigenvalue weighted by Gasteiger charge is 2.39. The van der Waals surface area contributed by atoms with Crippen LogP contribution >= 0.6 is 11.8 Å². The lowest BCUT2D eigenvalue weighted by molar-refractivity contribution is -0.137. The van der Waals surface area contributed by atoms with E-state index in [2.05, 4.69) is 27.4 Å². The number of thioether (sulfide) groups is 1. The van der Waals surface area contributed by atoms with Crippen LogP contribution in [0.25, 0.3) is 0 Å². The van der Waals surface area contributed by atoms with Crippen LogP contribution in [0.1, 0.15) is 26.2 Å². The van der Waals surface area contributed by atoms with Crippen LogP contribution in [0.2, 0.25) is 0 Å². The van der Waals surface area contributed by atoms with Crippen LogP contribution in [0.4, 0.5) is 16.2 Å². The van der Waals surface area contributed by atoms with Crippen LogP contribution in [0.5, 0.6) is 0 Å². The number of nitriles is 1. The number of carbonyl (C=O) groups is 3. The number of nitrogens with zero attached hydrogens (tertiary/aromatic N) is 3. The van der Waals surface area contributed by atoms with E-state index in [-0.39, 0.29) is 24.1 Å². The van der Waals surface area contributed by atoms with Crippen LogP contribution < -0.4 is 16.0 Å².